The second kappa shape index (κ2) is 5.88. The molecule has 0 aromatic heterocycles. The number of piperidine rings is 1. The number of rotatable bonds is 3. The highest BCUT2D eigenvalue weighted by molar-refractivity contribution is 5.59. The molecule has 1 aromatic carbocycles. The maximum Gasteiger partial charge on any atom is 0.418 e. The predicted molar refractivity (Wildman–Crippen MR) is 70.1 cm³/mol. The van der Waals surface area contributed by atoms with E-state index in [0.29, 0.717) is 25.6 Å². The number of nitro groups is 1. The summed E-state index contributed by atoms with van der Waals surface area (Å²) in [6, 6.07) is 2.78. The molecule has 2 rings (SSSR count). The SMILES string of the molecule is O=[N+]([O-])c1ccc(N2CCCC(CO)C2)c(C(F)(F)F)c1. The Hall–Kier alpha value is -1.83. The van der Waals surface area contributed by atoms with Gasteiger partial charge in [-0.3, -0.25) is 10.1 Å². The van der Waals surface area contributed by atoms with Crippen molar-refractivity contribution in [1.29, 1.82) is 0 Å². The molecule has 1 unspecified atom stereocenters. The number of non-ortho nitro benzene ring substituents is 1. The fraction of sp³-hybridized carbons (Fsp3) is 0.538. The summed E-state index contributed by atoms with van der Waals surface area (Å²) in [5.41, 5.74) is -1.65. The lowest BCUT2D eigenvalue weighted by atomic mass is 9.97. The van der Waals surface area contributed by atoms with E-state index < -0.39 is 22.4 Å². The van der Waals surface area contributed by atoms with E-state index in [1.807, 2.05) is 0 Å². The molecule has 1 aromatic rings. The monoisotopic (exact) mass is 304 g/mol. The van der Waals surface area contributed by atoms with Crippen molar-refractivity contribution < 1.29 is 23.2 Å². The van der Waals surface area contributed by atoms with Crippen LogP contribution in [-0.2, 0) is 6.18 Å². The van der Waals surface area contributed by atoms with E-state index >= 15 is 0 Å². The molecule has 1 heterocycles. The summed E-state index contributed by atoms with van der Waals surface area (Å²) in [6.07, 6.45) is -3.21. The molecule has 0 radical (unpaired) electrons. The van der Waals surface area contributed by atoms with Gasteiger partial charge in [-0.05, 0) is 24.8 Å². The zero-order valence-electron chi connectivity index (χ0n) is 11.1. The summed E-state index contributed by atoms with van der Waals surface area (Å²) in [6.45, 7) is 0.680. The molecule has 1 fully saturated rings. The molecule has 1 N–H and O–H groups in total. The lowest BCUT2D eigenvalue weighted by molar-refractivity contribution is -0.385. The van der Waals surface area contributed by atoms with E-state index in [-0.39, 0.29) is 18.2 Å². The van der Waals surface area contributed by atoms with Gasteiger partial charge in [0.25, 0.3) is 5.69 Å². The summed E-state index contributed by atoms with van der Waals surface area (Å²) in [5.74, 6) is -0.0741. The van der Waals surface area contributed by atoms with Crippen LogP contribution in [0.2, 0.25) is 0 Å². The van der Waals surface area contributed by atoms with Gasteiger partial charge in [0.05, 0.1) is 10.5 Å². The van der Waals surface area contributed by atoms with Gasteiger partial charge in [-0.2, -0.15) is 13.2 Å². The van der Waals surface area contributed by atoms with E-state index in [9.17, 15) is 23.3 Å². The Morgan fingerprint density at radius 2 is 2.14 bits per heavy atom. The summed E-state index contributed by atoms with van der Waals surface area (Å²) in [4.78, 5) is 11.4. The summed E-state index contributed by atoms with van der Waals surface area (Å²) in [5, 5.41) is 19.8. The van der Waals surface area contributed by atoms with E-state index in [0.717, 1.165) is 18.6 Å². The van der Waals surface area contributed by atoms with Crippen LogP contribution in [0, 0.1) is 16.0 Å². The van der Waals surface area contributed by atoms with Crippen LogP contribution in [0.1, 0.15) is 18.4 Å². The first-order valence-electron chi connectivity index (χ1n) is 6.54. The van der Waals surface area contributed by atoms with Crippen molar-refractivity contribution in [3.63, 3.8) is 0 Å². The van der Waals surface area contributed by atoms with Gasteiger partial charge in [0, 0.05) is 37.5 Å². The number of benzene rings is 1. The zero-order chi connectivity index (χ0) is 15.6. The highest BCUT2D eigenvalue weighted by Gasteiger charge is 2.37. The quantitative estimate of drug-likeness (QED) is 0.689. The third kappa shape index (κ3) is 3.44. The second-order valence-electron chi connectivity index (χ2n) is 5.09. The molecule has 116 valence electrons. The number of aliphatic hydroxyl groups is 1. The number of nitro benzene ring substituents is 1. The molecular formula is C13H15F3N2O3. The van der Waals surface area contributed by atoms with E-state index in [4.69, 9.17) is 5.11 Å². The number of nitrogens with zero attached hydrogens (tertiary/aromatic N) is 2. The third-order valence-electron chi connectivity index (χ3n) is 3.61. The third-order valence-corrected chi connectivity index (χ3v) is 3.61. The lowest BCUT2D eigenvalue weighted by Gasteiger charge is -2.35. The highest BCUT2D eigenvalue weighted by atomic mass is 19.4. The van der Waals surface area contributed by atoms with Crippen LogP contribution in [0.4, 0.5) is 24.5 Å². The summed E-state index contributed by atoms with van der Waals surface area (Å²) < 4.78 is 39.4. The van der Waals surface area contributed by atoms with Gasteiger partial charge in [-0.1, -0.05) is 0 Å². The Labute approximate surface area is 119 Å². The maximum atomic E-state index is 13.1. The second-order valence-corrected chi connectivity index (χ2v) is 5.09. The number of anilines is 1. The van der Waals surface area contributed by atoms with Crippen LogP contribution in [0.5, 0.6) is 0 Å². The van der Waals surface area contributed by atoms with Crippen LogP contribution in [0.25, 0.3) is 0 Å². The molecule has 0 saturated carbocycles. The molecule has 8 heteroatoms. The Kier molecular flexibility index (Phi) is 4.36. The average Bonchev–Trinajstić information content (AvgIpc) is 2.45. The molecule has 0 bridgehead atoms. The van der Waals surface area contributed by atoms with Crippen molar-refractivity contribution in [2.75, 3.05) is 24.6 Å². The molecule has 0 amide bonds. The van der Waals surface area contributed by atoms with Gasteiger partial charge in [0.2, 0.25) is 0 Å². The van der Waals surface area contributed by atoms with Crippen molar-refractivity contribution in [2.45, 2.75) is 19.0 Å². The van der Waals surface area contributed by atoms with E-state index in [1.165, 1.54) is 4.90 Å². The van der Waals surface area contributed by atoms with Gasteiger partial charge in [0.1, 0.15) is 0 Å². The van der Waals surface area contributed by atoms with E-state index in [2.05, 4.69) is 0 Å². The fourth-order valence-corrected chi connectivity index (χ4v) is 2.57. The lowest BCUT2D eigenvalue weighted by Crippen LogP contribution is -2.37. The first kappa shape index (κ1) is 15.6. The molecule has 1 aliphatic rings. The largest absolute Gasteiger partial charge is 0.418 e. The van der Waals surface area contributed by atoms with Gasteiger partial charge in [0.15, 0.2) is 0 Å². The van der Waals surface area contributed by atoms with Gasteiger partial charge in [-0.25, -0.2) is 0 Å². The molecule has 0 aliphatic carbocycles. The van der Waals surface area contributed by atoms with Crippen LogP contribution in [-0.4, -0.2) is 29.7 Å². The van der Waals surface area contributed by atoms with Gasteiger partial charge >= 0.3 is 6.18 Å². The normalized spacial score (nSPS) is 19.6. The van der Waals surface area contributed by atoms with Crippen LogP contribution < -0.4 is 4.90 Å². The molecule has 0 spiro atoms. The number of hydrogen-bond acceptors (Lipinski definition) is 4. The smallest absolute Gasteiger partial charge is 0.396 e. The Bertz CT molecular complexity index is 534. The molecule has 1 aliphatic heterocycles. The van der Waals surface area contributed by atoms with Crippen molar-refractivity contribution in [2.24, 2.45) is 5.92 Å². The van der Waals surface area contributed by atoms with Gasteiger partial charge < -0.3 is 10.0 Å². The minimum atomic E-state index is -4.66. The predicted octanol–water partition coefficient (Wildman–Crippen LogP) is 2.82. The van der Waals surface area contributed by atoms with Crippen molar-refractivity contribution >= 4 is 11.4 Å². The molecule has 1 atom stereocenters. The Morgan fingerprint density at radius 1 is 1.43 bits per heavy atom. The molecule has 1 saturated heterocycles. The molecule has 21 heavy (non-hydrogen) atoms. The fourth-order valence-electron chi connectivity index (χ4n) is 2.57. The summed E-state index contributed by atoms with van der Waals surface area (Å²) in [7, 11) is 0. The van der Waals surface area contributed by atoms with Crippen LogP contribution >= 0.6 is 0 Å². The first-order chi connectivity index (χ1) is 9.82. The van der Waals surface area contributed by atoms with Gasteiger partial charge in [-0.15, -0.1) is 0 Å². The number of alkyl halides is 3. The van der Waals surface area contributed by atoms with Crippen LogP contribution in [0.3, 0.4) is 0 Å². The van der Waals surface area contributed by atoms with Crippen molar-refractivity contribution in [3.05, 3.63) is 33.9 Å². The first-order valence-corrected chi connectivity index (χ1v) is 6.54. The van der Waals surface area contributed by atoms with E-state index in [1.54, 1.807) is 0 Å². The minimum absolute atomic E-state index is 0.0637. The average molecular weight is 304 g/mol. The van der Waals surface area contributed by atoms with Crippen molar-refractivity contribution in [3.8, 4) is 0 Å². The highest BCUT2D eigenvalue weighted by Crippen LogP contribution is 2.39. The van der Waals surface area contributed by atoms with Crippen LogP contribution in [0.15, 0.2) is 18.2 Å². The molecular weight excluding hydrogens is 289 g/mol. The number of halogens is 3. The summed E-state index contributed by atoms with van der Waals surface area (Å²) >= 11 is 0. The molecule has 5 nitrogen and oxygen atoms in total. The maximum absolute atomic E-state index is 13.1. The topological polar surface area (TPSA) is 66.6 Å². The zero-order valence-corrected chi connectivity index (χ0v) is 11.1. The number of aliphatic hydroxyl groups excluding tert-OH is 1. The standard InChI is InChI=1S/C13H15F3N2O3/c14-13(15,16)11-6-10(18(20)21)3-4-12(11)17-5-1-2-9(7-17)8-19/h3-4,6,9,19H,1-2,5,7-8H2. The van der Waals surface area contributed by atoms with Crippen molar-refractivity contribution in [1.82, 2.24) is 0 Å². The Balaban J connectivity index is 2.40. The minimum Gasteiger partial charge on any atom is -0.396 e. The number of hydrogen-bond donors (Lipinski definition) is 1. The Morgan fingerprint density at radius 3 is 2.71 bits per heavy atom.